The number of hydrogen-bond acceptors (Lipinski definition) is 7. The number of para-hydroxylation sites is 1. The van der Waals surface area contributed by atoms with Gasteiger partial charge in [-0.1, -0.05) is 45.5 Å². The Bertz CT molecular complexity index is 1700. The molecule has 38 heavy (non-hydrogen) atoms. The molecule has 0 unspecified atom stereocenters. The number of carbonyl (C=O) groups is 2. The van der Waals surface area contributed by atoms with Crippen molar-refractivity contribution in [2.75, 3.05) is 18.6 Å². The van der Waals surface area contributed by atoms with Crippen molar-refractivity contribution in [3.05, 3.63) is 89.0 Å². The quantitative estimate of drug-likeness (QED) is 0.420. The van der Waals surface area contributed by atoms with Gasteiger partial charge in [-0.15, -0.1) is 0 Å². The number of carbonyl (C=O) groups excluding carboxylic acids is 2. The molecule has 0 bridgehead atoms. The average Bonchev–Trinajstić information content (AvgIpc) is 3.35. The van der Waals surface area contributed by atoms with Gasteiger partial charge in [0, 0.05) is 21.6 Å². The molecular weight excluding hydrogens is 570 g/mol. The summed E-state index contributed by atoms with van der Waals surface area (Å²) in [5.41, 5.74) is 2.69. The highest BCUT2D eigenvalue weighted by atomic mass is 79.9. The van der Waals surface area contributed by atoms with Crippen LogP contribution in [0.25, 0.3) is 5.57 Å². The van der Waals surface area contributed by atoms with Crippen LogP contribution in [0.1, 0.15) is 44.9 Å². The number of hydrogen-bond donors (Lipinski definition) is 0. The minimum absolute atomic E-state index is 0.0961. The zero-order chi connectivity index (χ0) is 27.3. The molecule has 0 saturated heterocycles. The third kappa shape index (κ3) is 4.03. The molecule has 1 atom stereocenters. The van der Waals surface area contributed by atoms with Crippen LogP contribution in [-0.2, 0) is 14.3 Å². The summed E-state index contributed by atoms with van der Waals surface area (Å²) in [6, 6.07) is 11.9. The minimum atomic E-state index is -0.861. The van der Waals surface area contributed by atoms with Crippen molar-refractivity contribution in [3.63, 3.8) is 0 Å². The molecule has 0 N–H and O–H groups in total. The Labute approximate surface area is 231 Å². The fourth-order valence-electron chi connectivity index (χ4n) is 5.03. The predicted molar refractivity (Wildman–Crippen MR) is 149 cm³/mol. The van der Waals surface area contributed by atoms with Gasteiger partial charge in [-0.2, -0.15) is 0 Å². The van der Waals surface area contributed by atoms with Crippen LogP contribution in [0.2, 0.25) is 0 Å². The van der Waals surface area contributed by atoms with E-state index in [1.165, 1.54) is 11.7 Å². The molecule has 5 rings (SSSR count). The first kappa shape index (κ1) is 26.1. The molecule has 0 saturated carbocycles. The van der Waals surface area contributed by atoms with Gasteiger partial charge in [0.15, 0.2) is 4.80 Å². The van der Waals surface area contributed by atoms with E-state index in [9.17, 15) is 14.4 Å². The van der Waals surface area contributed by atoms with Crippen LogP contribution >= 0.6 is 27.3 Å². The Morgan fingerprint density at radius 3 is 2.61 bits per heavy atom. The molecule has 2 aromatic carbocycles. The fourth-order valence-corrected chi connectivity index (χ4v) is 6.54. The second-order valence-electron chi connectivity index (χ2n) is 9.17. The van der Waals surface area contributed by atoms with E-state index in [0.717, 1.165) is 21.5 Å². The SMILES string of the molecule is CCOC(=O)C1=C(C)N=c2s/c(=C3\C(=O)N(C(C)C)c4ccccc43)c(=O)n2[C@H]1c1cc(Br)ccc1OC. The van der Waals surface area contributed by atoms with Gasteiger partial charge in [-0.05, 0) is 52.0 Å². The number of amides is 1. The van der Waals surface area contributed by atoms with E-state index >= 15 is 0 Å². The number of benzene rings is 2. The summed E-state index contributed by atoms with van der Waals surface area (Å²) in [6.07, 6.45) is 0. The summed E-state index contributed by atoms with van der Waals surface area (Å²) < 4.78 is 13.5. The lowest BCUT2D eigenvalue weighted by molar-refractivity contribution is -0.139. The number of anilines is 1. The number of allylic oxidation sites excluding steroid dienone is 1. The van der Waals surface area contributed by atoms with Crippen molar-refractivity contribution < 1.29 is 19.1 Å². The Balaban J connectivity index is 1.86. The maximum atomic E-state index is 14.2. The number of ether oxygens (including phenoxy) is 2. The predicted octanol–water partition coefficient (Wildman–Crippen LogP) is 3.69. The largest absolute Gasteiger partial charge is 0.496 e. The molecule has 196 valence electrons. The van der Waals surface area contributed by atoms with Crippen molar-refractivity contribution in [1.82, 2.24) is 4.57 Å². The monoisotopic (exact) mass is 595 g/mol. The van der Waals surface area contributed by atoms with Crippen LogP contribution in [-0.4, -0.2) is 36.2 Å². The number of aromatic nitrogens is 1. The third-order valence-corrected chi connectivity index (χ3v) is 8.13. The van der Waals surface area contributed by atoms with Crippen LogP contribution in [0.3, 0.4) is 0 Å². The smallest absolute Gasteiger partial charge is 0.338 e. The van der Waals surface area contributed by atoms with Crippen molar-refractivity contribution >= 4 is 50.4 Å². The molecule has 2 aliphatic heterocycles. The van der Waals surface area contributed by atoms with Crippen molar-refractivity contribution in [2.24, 2.45) is 4.99 Å². The van der Waals surface area contributed by atoms with Gasteiger partial charge in [0.25, 0.3) is 11.5 Å². The first-order valence-corrected chi connectivity index (χ1v) is 13.8. The summed E-state index contributed by atoms with van der Waals surface area (Å²) in [5, 5.41) is 0. The second kappa shape index (κ2) is 9.99. The van der Waals surface area contributed by atoms with Crippen molar-refractivity contribution in [3.8, 4) is 5.75 Å². The molecule has 10 heteroatoms. The molecular formula is C28H26BrN3O5S. The summed E-state index contributed by atoms with van der Waals surface area (Å²) >= 11 is 4.66. The first-order valence-electron chi connectivity index (χ1n) is 12.2. The van der Waals surface area contributed by atoms with Crippen LogP contribution in [0.4, 0.5) is 5.69 Å². The Kier molecular flexibility index (Phi) is 6.87. The average molecular weight is 597 g/mol. The highest BCUT2D eigenvalue weighted by Crippen LogP contribution is 2.39. The van der Waals surface area contributed by atoms with E-state index < -0.39 is 17.6 Å². The number of rotatable bonds is 5. The van der Waals surface area contributed by atoms with E-state index in [-0.39, 0.29) is 28.7 Å². The number of nitrogens with zero attached hydrogens (tertiary/aromatic N) is 3. The van der Waals surface area contributed by atoms with E-state index in [2.05, 4.69) is 20.9 Å². The van der Waals surface area contributed by atoms with Crippen molar-refractivity contribution in [2.45, 2.75) is 39.8 Å². The van der Waals surface area contributed by atoms with Gasteiger partial charge in [0.05, 0.1) is 36.2 Å². The Hall–Kier alpha value is -3.50. The summed E-state index contributed by atoms with van der Waals surface area (Å²) in [7, 11) is 1.54. The number of halogens is 1. The third-order valence-electron chi connectivity index (χ3n) is 6.59. The van der Waals surface area contributed by atoms with Gasteiger partial charge in [-0.25, -0.2) is 9.79 Å². The lowest BCUT2D eigenvalue weighted by Crippen LogP contribution is -2.41. The van der Waals surface area contributed by atoms with Gasteiger partial charge >= 0.3 is 5.97 Å². The molecule has 3 heterocycles. The highest BCUT2D eigenvalue weighted by molar-refractivity contribution is 9.10. The Morgan fingerprint density at radius 1 is 1.18 bits per heavy atom. The van der Waals surface area contributed by atoms with Gasteiger partial charge < -0.3 is 14.4 Å². The van der Waals surface area contributed by atoms with Crippen LogP contribution < -0.4 is 24.5 Å². The van der Waals surface area contributed by atoms with Crippen LogP contribution in [0, 0.1) is 0 Å². The topological polar surface area (TPSA) is 90.2 Å². The zero-order valence-corrected chi connectivity index (χ0v) is 24.0. The summed E-state index contributed by atoms with van der Waals surface area (Å²) in [6.45, 7) is 7.49. The number of methoxy groups -OCH3 is 1. The Morgan fingerprint density at radius 2 is 1.92 bits per heavy atom. The minimum Gasteiger partial charge on any atom is -0.496 e. The van der Waals surface area contributed by atoms with E-state index in [0.29, 0.717) is 32.9 Å². The number of esters is 1. The van der Waals surface area contributed by atoms with E-state index in [4.69, 9.17) is 9.47 Å². The molecule has 0 radical (unpaired) electrons. The molecule has 2 aliphatic rings. The van der Waals surface area contributed by atoms with Gasteiger partial charge in [0.2, 0.25) is 0 Å². The lowest BCUT2D eigenvalue weighted by atomic mass is 9.95. The van der Waals surface area contributed by atoms with E-state index in [1.807, 2.05) is 50.2 Å². The lowest BCUT2D eigenvalue weighted by Gasteiger charge is -2.26. The van der Waals surface area contributed by atoms with Crippen LogP contribution in [0.15, 0.2) is 68.0 Å². The number of fused-ring (bicyclic) bond motifs is 2. The maximum absolute atomic E-state index is 14.2. The maximum Gasteiger partial charge on any atom is 0.338 e. The zero-order valence-electron chi connectivity index (χ0n) is 21.6. The van der Waals surface area contributed by atoms with Gasteiger partial charge in [0.1, 0.15) is 16.3 Å². The van der Waals surface area contributed by atoms with E-state index in [1.54, 1.807) is 24.8 Å². The molecule has 8 nitrogen and oxygen atoms in total. The fraction of sp³-hybridized carbons (Fsp3) is 0.286. The standard InChI is InChI=1S/C28H26BrN3O5S/c1-6-37-27(35)21-15(4)30-28-32(23(21)18-13-16(29)11-12-20(18)36-5)26(34)24(38-28)22-17-9-7-8-10-19(17)31(14(2)3)25(22)33/h7-14,23H,6H2,1-5H3/b24-22-/t23-/m0/s1. The molecule has 3 aromatic rings. The van der Waals surface area contributed by atoms with Crippen LogP contribution in [0.5, 0.6) is 5.75 Å². The molecule has 1 amide bonds. The summed E-state index contributed by atoms with van der Waals surface area (Å²) in [4.78, 5) is 47.9. The number of thiazole rings is 1. The molecule has 0 fully saturated rings. The normalized spacial score (nSPS) is 17.9. The van der Waals surface area contributed by atoms with Gasteiger partial charge in [-0.3, -0.25) is 14.2 Å². The van der Waals surface area contributed by atoms with Crippen molar-refractivity contribution in [1.29, 1.82) is 0 Å². The molecule has 1 aromatic heterocycles. The molecule has 0 spiro atoms. The molecule has 0 aliphatic carbocycles. The highest BCUT2D eigenvalue weighted by Gasteiger charge is 2.38. The first-order chi connectivity index (χ1) is 18.2. The summed E-state index contributed by atoms with van der Waals surface area (Å²) in [5.74, 6) is -0.294. The second-order valence-corrected chi connectivity index (χ2v) is 11.1.